The maximum atomic E-state index is 12.5. The van der Waals surface area contributed by atoms with Crippen molar-refractivity contribution < 1.29 is 37.0 Å². The number of carboxylic acid groups (broad SMARTS) is 1. The monoisotopic (exact) mass is 371 g/mol. The number of aliphatic carboxylic acids is 1. The first-order valence-corrected chi connectivity index (χ1v) is 7.57. The van der Waals surface area contributed by atoms with E-state index in [9.17, 15) is 22.8 Å². The topological polar surface area (TPSA) is 88.8 Å². The van der Waals surface area contributed by atoms with E-state index in [4.69, 9.17) is 9.52 Å². The van der Waals surface area contributed by atoms with Gasteiger partial charge in [0.15, 0.2) is 5.76 Å². The molecule has 1 aromatic heterocycles. The van der Waals surface area contributed by atoms with Crippen LogP contribution in [0.5, 0.6) is 5.75 Å². The van der Waals surface area contributed by atoms with E-state index in [-0.39, 0.29) is 23.0 Å². The van der Waals surface area contributed by atoms with E-state index in [1.54, 1.807) is 13.8 Å². The van der Waals surface area contributed by atoms with Crippen LogP contribution >= 0.6 is 0 Å². The molecule has 0 saturated carbocycles. The molecule has 1 heterocycles. The maximum absolute atomic E-state index is 12.5. The lowest BCUT2D eigenvalue weighted by molar-refractivity contribution is -0.274. The summed E-state index contributed by atoms with van der Waals surface area (Å²) >= 11 is 0. The average molecular weight is 371 g/mol. The summed E-state index contributed by atoms with van der Waals surface area (Å²) in [5, 5.41) is 11.4. The fraction of sp³-hybridized carbons (Fsp3) is 0.294. The molecule has 6 nitrogen and oxygen atoms in total. The van der Waals surface area contributed by atoms with Gasteiger partial charge in [0.05, 0.1) is 5.56 Å². The molecule has 140 valence electrons. The predicted molar refractivity (Wildman–Crippen MR) is 84.6 cm³/mol. The Bertz CT molecular complexity index is 798. The van der Waals surface area contributed by atoms with Crippen LogP contribution in [0.2, 0.25) is 0 Å². The van der Waals surface area contributed by atoms with Crippen LogP contribution in [0.1, 0.15) is 24.4 Å². The van der Waals surface area contributed by atoms with Gasteiger partial charge in [0.1, 0.15) is 17.6 Å². The molecular weight excluding hydrogens is 355 g/mol. The molecule has 1 unspecified atom stereocenters. The van der Waals surface area contributed by atoms with Crippen LogP contribution in [0.3, 0.4) is 0 Å². The third-order valence-electron chi connectivity index (χ3n) is 3.43. The van der Waals surface area contributed by atoms with Crippen molar-refractivity contribution in [2.24, 2.45) is 5.92 Å². The summed E-state index contributed by atoms with van der Waals surface area (Å²) in [6.07, 6.45) is -4.88. The van der Waals surface area contributed by atoms with Crippen molar-refractivity contribution in [1.82, 2.24) is 5.32 Å². The van der Waals surface area contributed by atoms with Gasteiger partial charge in [-0.1, -0.05) is 26.0 Å². The number of carboxylic acids is 1. The summed E-state index contributed by atoms with van der Waals surface area (Å²) in [5.74, 6) is -3.09. The summed E-state index contributed by atoms with van der Waals surface area (Å²) in [6.45, 7) is 3.24. The fourth-order valence-electron chi connectivity index (χ4n) is 2.21. The molecule has 1 amide bonds. The average Bonchev–Trinajstić information content (AvgIpc) is 3.00. The van der Waals surface area contributed by atoms with Gasteiger partial charge in [0.2, 0.25) is 0 Å². The molecule has 1 aromatic carbocycles. The Hall–Kier alpha value is -2.97. The van der Waals surface area contributed by atoms with Crippen molar-refractivity contribution in [3.63, 3.8) is 0 Å². The number of amides is 1. The highest BCUT2D eigenvalue weighted by Crippen LogP contribution is 2.34. The Balaban J connectivity index is 2.25. The zero-order chi connectivity index (χ0) is 19.5. The summed E-state index contributed by atoms with van der Waals surface area (Å²) in [4.78, 5) is 23.3. The molecule has 0 aliphatic heterocycles. The number of hydrogen-bond donors (Lipinski definition) is 2. The van der Waals surface area contributed by atoms with Crippen LogP contribution in [0.4, 0.5) is 13.2 Å². The number of furan rings is 1. The Kier molecular flexibility index (Phi) is 5.59. The number of halogens is 3. The highest BCUT2D eigenvalue weighted by atomic mass is 19.4. The van der Waals surface area contributed by atoms with Gasteiger partial charge in [0.25, 0.3) is 5.91 Å². The fourth-order valence-corrected chi connectivity index (χ4v) is 2.21. The molecule has 0 aliphatic carbocycles. The zero-order valence-corrected chi connectivity index (χ0v) is 13.8. The molecule has 0 fully saturated rings. The number of alkyl halides is 3. The summed E-state index contributed by atoms with van der Waals surface area (Å²) in [5.41, 5.74) is 0.00233. The molecular formula is C17H16F3NO5. The van der Waals surface area contributed by atoms with E-state index in [2.05, 4.69) is 10.1 Å². The Morgan fingerprint density at radius 3 is 2.38 bits per heavy atom. The van der Waals surface area contributed by atoms with Gasteiger partial charge in [0, 0.05) is 0 Å². The third-order valence-corrected chi connectivity index (χ3v) is 3.43. The quantitative estimate of drug-likeness (QED) is 0.809. The van der Waals surface area contributed by atoms with E-state index >= 15 is 0 Å². The standard InChI is InChI=1S/C17H16F3NO5/c1-9(2)14(16(23)24)21-15(22)13-8-7-11(25-13)10-5-3-4-6-12(10)26-17(18,19)20/h3-9,14H,1-2H3,(H,21,22)(H,23,24). The molecule has 1 atom stereocenters. The van der Waals surface area contributed by atoms with Gasteiger partial charge in [-0.15, -0.1) is 13.2 Å². The normalized spacial score (nSPS) is 12.7. The van der Waals surface area contributed by atoms with E-state index in [0.29, 0.717) is 0 Å². The van der Waals surface area contributed by atoms with Crippen LogP contribution in [0, 0.1) is 5.92 Å². The van der Waals surface area contributed by atoms with Crippen LogP contribution in [0.15, 0.2) is 40.8 Å². The van der Waals surface area contributed by atoms with Crippen LogP contribution in [0.25, 0.3) is 11.3 Å². The van der Waals surface area contributed by atoms with Crippen molar-refractivity contribution in [3.05, 3.63) is 42.2 Å². The number of hydrogen-bond acceptors (Lipinski definition) is 4. The first-order valence-electron chi connectivity index (χ1n) is 7.57. The first kappa shape index (κ1) is 19.4. The minimum atomic E-state index is -4.88. The molecule has 2 aromatic rings. The second-order valence-corrected chi connectivity index (χ2v) is 5.74. The van der Waals surface area contributed by atoms with Crippen LogP contribution in [-0.4, -0.2) is 29.4 Å². The number of nitrogens with one attached hydrogen (secondary N) is 1. The van der Waals surface area contributed by atoms with Gasteiger partial charge in [-0.25, -0.2) is 4.79 Å². The molecule has 26 heavy (non-hydrogen) atoms. The number of benzene rings is 1. The molecule has 2 rings (SSSR count). The largest absolute Gasteiger partial charge is 0.573 e. The van der Waals surface area contributed by atoms with E-state index < -0.39 is 30.0 Å². The lowest BCUT2D eigenvalue weighted by Crippen LogP contribution is -2.44. The first-order chi connectivity index (χ1) is 12.1. The Labute approximate surface area is 146 Å². The van der Waals surface area contributed by atoms with Gasteiger partial charge in [-0.2, -0.15) is 0 Å². The lowest BCUT2D eigenvalue weighted by Gasteiger charge is -2.16. The smallest absolute Gasteiger partial charge is 0.480 e. The zero-order valence-electron chi connectivity index (χ0n) is 13.8. The second-order valence-electron chi connectivity index (χ2n) is 5.74. The van der Waals surface area contributed by atoms with E-state index in [1.807, 2.05) is 0 Å². The van der Waals surface area contributed by atoms with Gasteiger partial charge < -0.3 is 19.6 Å². The molecule has 0 aliphatic rings. The summed E-state index contributed by atoms with van der Waals surface area (Å²) in [7, 11) is 0. The minimum Gasteiger partial charge on any atom is -0.480 e. The summed E-state index contributed by atoms with van der Waals surface area (Å²) < 4.78 is 46.7. The molecule has 0 radical (unpaired) electrons. The molecule has 0 spiro atoms. The second kappa shape index (κ2) is 7.51. The van der Waals surface area contributed by atoms with E-state index in [1.165, 1.54) is 30.3 Å². The highest BCUT2D eigenvalue weighted by molar-refractivity contribution is 5.94. The van der Waals surface area contributed by atoms with Crippen molar-refractivity contribution in [2.45, 2.75) is 26.3 Å². The molecule has 9 heteroatoms. The molecule has 0 saturated heterocycles. The van der Waals surface area contributed by atoms with Crippen LogP contribution < -0.4 is 10.1 Å². The molecule has 0 bridgehead atoms. The SMILES string of the molecule is CC(C)C(NC(=O)c1ccc(-c2ccccc2OC(F)(F)F)o1)C(=O)O. The van der Waals surface area contributed by atoms with Crippen molar-refractivity contribution >= 4 is 11.9 Å². The number of rotatable bonds is 6. The highest BCUT2D eigenvalue weighted by Gasteiger charge is 2.32. The number of carbonyl (C=O) groups excluding carboxylic acids is 1. The Morgan fingerprint density at radius 1 is 1.15 bits per heavy atom. The lowest BCUT2D eigenvalue weighted by atomic mass is 10.0. The summed E-state index contributed by atoms with van der Waals surface area (Å²) in [6, 6.07) is 6.73. The maximum Gasteiger partial charge on any atom is 0.573 e. The van der Waals surface area contributed by atoms with Gasteiger partial charge >= 0.3 is 12.3 Å². The number of carbonyl (C=O) groups is 2. The van der Waals surface area contributed by atoms with Gasteiger partial charge in [-0.3, -0.25) is 4.79 Å². The Morgan fingerprint density at radius 2 is 1.81 bits per heavy atom. The van der Waals surface area contributed by atoms with Gasteiger partial charge in [-0.05, 0) is 30.2 Å². The van der Waals surface area contributed by atoms with E-state index in [0.717, 1.165) is 6.07 Å². The molecule has 2 N–H and O–H groups in total. The van der Waals surface area contributed by atoms with Crippen LogP contribution in [-0.2, 0) is 4.79 Å². The van der Waals surface area contributed by atoms with Crippen molar-refractivity contribution in [2.75, 3.05) is 0 Å². The van der Waals surface area contributed by atoms with Crippen molar-refractivity contribution in [3.8, 4) is 17.1 Å². The number of ether oxygens (including phenoxy) is 1. The van der Waals surface area contributed by atoms with Crippen molar-refractivity contribution in [1.29, 1.82) is 0 Å². The minimum absolute atomic E-state index is 0.00233. The predicted octanol–water partition coefficient (Wildman–Crippen LogP) is 3.68. The third kappa shape index (κ3) is 4.78. The number of para-hydroxylation sites is 1.